The summed E-state index contributed by atoms with van der Waals surface area (Å²) in [5.41, 5.74) is 6.41. The van der Waals surface area contributed by atoms with E-state index < -0.39 is 6.10 Å². The summed E-state index contributed by atoms with van der Waals surface area (Å²) in [6, 6.07) is 1.85. The summed E-state index contributed by atoms with van der Waals surface area (Å²) in [5.74, 6) is 0.954. The molecule has 94 valence electrons. The Labute approximate surface area is 100 Å². The smallest absolute Gasteiger partial charge is 0.222 e. The van der Waals surface area contributed by atoms with Gasteiger partial charge in [0.1, 0.15) is 5.82 Å². The molecule has 0 unspecified atom stereocenters. The average Bonchev–Trinajstić information content (AvgIpc) is 2.27. The van der Waals surface area contributed by atoms with E-state index >= 15 is 0 Å². The van der Waals surface area contributed by atoms with Crippen LogP contribution < -0.4 is 10.6 Å². The van der Waals surface area contributed by atoms with Crippen molar-refractivity contribution in [3.05, 3.63) is 11.8 Å². The maximum Gasteiger partial charge on any atom is 0.222 e. The molecule has 6 nitrogen and oxygen atoms in total. The van der Waals surface area contributed by atoms with Crippen molar-refractivity contribution < 1.29 is 10.2 Å². The minimum atomic E-state index is -0.523. The van der Waals surface area contributed by atoms with Crippen LogP contribution in [0.5, 0.6) is 0 Å². The Hall–Kier alpha value is -1.40. The molecule has 1 aromatic rings. The number of hydrogen-bond acceptors (Lipinski definition) is 6. The molecule has 1 saturated heterocycles. The van der Waals surface area contributed by atoms with E-state index in [1.54, 1.807) is 0 Å². The zero-order valence-electron chi connectivity index (χ0n) is 9.87. The number of aromatic nitrogens is 2. The second kappa shape index (κ2) is 4.85. The number of rotatable bonds is 2. The van der Waals surface area contributed by atoms with Crippen molar-refractivity contribution in [3.63, 3.8) is 0 Å². The van der Waals surface area contributed by atoms with Gasteiger partial charge in [-0.3, -0.25) is 0 Å². The molecule has 2 atom stereocenters. The predicted molar refractivity (Wildman–Crippen MR) is 64.6 cm³/mol. The molecule has 0 amide bonds. The maximum atomic E-state index is 9.86. The van der Waals surface area contributed by atoms with Crippen LogP contribution in [0.15, 0.2) is 6.07 Å². The van der Waals surface area contributed by atoms with Crippen LogP contribution in [0.1, 0.15) is 12.1 Å². The van der Waals surface area contributed by atoms with Crippen molar-refractivity contribution >= 4 is 11.8 Å². The van der Waals surface area contributed by atoms with Crippen LogP contribution in [0.4, 0.5) is 11.8 Å². The molecule has 2 rings (SSSR count). The van der Waals surface area contributed by atoms with E-state index in [9.17, 15) is 5.11 Å². The Kier molecular flexibility index (Phi) is 3.44. The van der Waals surface area contributed by atoms with Crippen molar-refractivity contribution in [1.82, 2.24) is 9.97 Å². The average molecular weight is 238 g/mol. The number of β-amino-alcohol motifs (C(OH)–C–C–N with tert-alkyl or cyclic N) is 1. The molecule has 1 aliphatic heterocycles. The van der Waals surface area contributed by atoms with Gasteiger partial charge in [0, 0.05) is 37.4 Å². The van der Waals surface area contributed by atoms with Crippen LogP contribution >= 0.6 is 0 Å². The number of aryl methyl sites for hydroxylation is 1. The first-order valence-corrected chi connectivity index (χ1v) is 5.75. The highest BCUT2D eigenvalue weighted by Gasteiger charge is 2.27. The lowest BCUT2D eigenvalue weighted by Gasteiger charge is -2.35. The molecule has 0 bridgehead atoms. The topological polar surface area (TPSA) is 95.5 Å². The van der Waals surface area contributed by atoms with Gasteiger partial charge in [0.05, 0.1) is 6.10 Å². The van der Waals surface area contributed by atoms with E-state index in [2.05, 4.69) is 9.97 Å². The van der Waals surface area contributed by atoms with Gasteiger partial charge in [-0.05, 0) is 13.3 Å². The molecule has 2 heterocycles. The number of hydrogen-bond donors (Lipinski definition) is 3. The van der Waals surface area contributed by atoms with Gasteiger partial charge in [0.25, 0.3) is 0 Å². The third-order valence-corrected chi connectivity index (χ3v) is 3.14. The van der Waals surface area contributed by atoms with Crippen molar-refractivity contribution in [3.8, 4) is 0 Å². The lowest BCUT2D eigenvalue weighted by Crippen LogP contribution is -2.45. The molecule has 0 aromatic carbocycles. The number of anilines is 2. The number of nitrogen functional groups attached to an aromatic ring is 1. The Morgan fingerprint density at radius 1 is 1.53 bits per heavy atom. The molecule has 6 heteroatoms. The third-order valence-electron chi connectivity index (χ3n) is 3.14. The molecule has 1 aliphatic rings. The summed E-state index contributed by atoms with van der Waals surface area (Å²) in [6.07, 6.45) is 0.228. The summed E-state index contributed by atoms with van der Waals surface area (Å²) in [5, 5.41) is 18.9. The zero-order chi connectivity index (χ0) is 12.4. The highest BCUT2D eigenvalue weighted by Crippen LogP contribution is 2.22. The quantitative estimate of drug-likeness (QED) is 0.645. The molecule has 0 radical (unpaired) electrons. The lowest BCUT2D eigenvalue weighted by atomic mass is 9.95. The number of piperidine rings is 1. The van der Waals surface area contributed by atoms with Crippen molar-refractivity contribution in [2.75, 3.05) is 30.3 Å². The summed E-state index contributed by atoms with van der Waals surface area (Å²) in [7, 11) is 0. The number of nitrogens with two attached hydrogens (primary N) is 1. The SMILES string of the molecule is Cc1cc(N2CC[C@H](CO)[C@@H](O)C2)nc(N)n1. The van der Waals surface area contributed by atoms with E-state index in [0.29, 0.717) is 6.54 Å². The molecular formula is C11H18N4O2. The molecular weight excluding hydrogens is 220 g/mol. The molecule has 1 aromatic heterocycles. The van der Waals surface area contributed by atoms with E-state index in [1.807, 2.05) is 17.9 Å². The monoisotopic (exact) mass is 238 g/mol. The van der Waals surface area contributed by atoms with Crippen LogP contribution in [0.3, 0.4) is 0 Å². The number of nitrogens with zero attached hydrogens (tertiary/aromatic N) is 3. The maximum absolute atomic E-state index is 9.86. The van der Waals surface area contributed by atoms with Gasteiger partial charge in [-0.2, -0.15) is 4.98 Å². The minimum absolute atomic E-state index is 0.0277. The lowest BCUT2D eigenvalue weighted by molar-refractivity contribution is 0.0546. The largest absolute Gasteiger partial charge is 0.396 e. The molecule has 17 heavy (non-hydrogen) atoms. The summed E-state index contributed by atoms with van der Waals surface area (Å²) >= 11 is 0. The molecule has 1 fully saturated rings. The molecule has 0 spiro atoms. The Balaban J connectivity index is 2.13. The molecule has 0 aliphatic carbocycles. The first-order chi connectivity index (χ1) is 8.10. The summed E-state index contributed by atoms with van der Waals surface area (Å²) < 4.78 is 0. The van der Waals surface area contributed by atoms with Crippen LogP contribution in [-0.4, -0.2) is 46.0 Å². The van der Waals surface area contributed by atoms with Gasteiger partial charge in [0.2, 0.25) is 5.95 Å². The van der Waals surface area contributed by atoms with E-state index in [0.717, 1.165) is 24.5 Å². The normalized spacial score (nSPS) is 25.0. The summed E-state index contributed by atoms with van der Waals surface area (Å²) in [4.78, 5) is 10.2. The standard InChI is InChI=1S/C11H18N4O2/c1-7-4-10(14-11(12)13-7)15-3-2-8(6-16)9(17)5-15/h4,8-9,16-17H,2-3,5-6H2,1H3,(H2,12,13,14)/t8-,9+/m1/s1. The van der Waals surface area contributed by atoms with Crippen molar-refractivity contribution in [1.29, 1.82) is 0 Å². The Bertz CT molecular complexity index is 379. The van der Waals surface area contributed by atoms with Gasteiger partial charge in [-0.15, -0.1) is 0 Å². The highest BCUT2D eigenvalue weighted by atomic mass is 16.3. The van der Waals surface area contributed by atoms with Gasteiger partial charge < -0.3 is 20.8 Å². The van der Waals surface area contributed by atoms with Crippen molar-refractivity contribution in [2.24, 2.45) is 5.92 Å². The van der Waals surface area contributed by atoms with Crippen LogP contribution in [0.2, 0.25) is 0 Å². The minimum Gasteiger partial charge on any atom is -0.396 e. The highest BCUT2D eigenvalue weighted by molar-refractivity contribution is 5.43. The van der Waals surface area contributed by atoms with Gasteiger partial charge in [-0.25, -0.2) is 4.98 Å². The fourth-order valence-corrected chi connectivity index (χ4v) is 2.14. The van der Waals surface area contributed by atoms with Crippen LogP contribution in [0, 0.1) is 12.8 Å². The van der Waals surface area contributed by atoms with Crippen LogP contribution in [0.25, 0.3) is 0 Å². The number of aliphatic hydroxyl groups excluding tert-OH is 2. The predicted octanol–water partition coefficient (Wildman–Crippen LogP) is -0.453. The fourth-order valence-electron chi connectivity index (χ4n) is 2.14. The van der Waals surface area contributed by atoms with Crippen molar-refractivity contribution in [2.45, 2.75) is 19.4 Å². The molecule has 4 N–H and O–H groups in total. The van der Waals surface area contributed by atoms with Gasteiger partial charge in [0.15, 0.2) is 0 Å². The first kappa shape index (κ1) is 12.1. The second-order valence-electron chi connectivity index (χ2n) is 4.47. The Morgan fingerprint density at radius 3 is 2.88 bits per heavy atom. The zero-order valence-corrected chi connectivity index (χ0v) is 9.87. The molecule has 0 saturated carbocycles. The van der Waals surface area contributed by atoms with Gasteiger partial charge >= 0.3 is 0 Å². The number of aliphatic hydroxyl groups is 2. The summed E-state index contributed by atoms with van der Waals surface area (Å²) in [6.45, 7) is 3.12. The Morgan fingerprint density at radius 2 is 2.29 bits per heavy atom. The van der Waals surface area contributed by atoms with E-state index in [-0.39, 0.29) is 18.5 Å². The van der Waals surface area contributed by atoms with Gasteiger partial charge in [-0.1, -0.05) is 0 Å². The van der Waals surface area contributed by atoms with E-state index in [4.69, 9.17) is 10.8 Å². The fraction of sp³-hybridized carbons (Fsp3) is 0.636. The second-order valence-corrected chi connectivity index (χ2v) is 4.47. The third kappa shape index (κ3) is 2.65. The van der Waals surface area contributed by atoms with E-state index in [1.165, 1.54) is 0 Å². The first-order valence-electron chi connectivity index (χ1n) is 5.75. The van der Waals surface area contributed by atoms with Crippen LogP contribution in [-0.2, 0) is 0 Å².